The van der Waals surface area contributed by atoms with E-state index in [2.05, 4.69) is 34.7 Å². The zero-order valence-corrected chi connectivity index (χ0v) is 14.5. The third kappa shape index (κ3) is 6.93. The molecule has 0 aromatic carbocycles. The molecule has 3 N–H and O–H groups in total. The van der Waals surface area contributed by atoms with Gasteiger partial charge in [0.05, 0.1) is 6.20 Å². The van der Waals surface area contributed by atoms with Crippen molar-refractivity contribution in [2.45, 2.75) is 78.5 Å². The summed E-state index contributed by atoms with van der Waals surface area (Å²) in [5.41, 5.74) is 0.415. The van der Waals surface area contributed by atoms with Crippen molar-refractivity contribution in [2.24, 2.45) is 0 Å². The molecule has 0 aliphatic carbocycles. The Bertz CT molecular complexity index is 445. The van der Waals surface area contributed by atoms with E-state index in [0.717, 1.165) is 31.2 Å². The van der Waals surface area contributed by atoms with Crippen LogP contribution in [0.3, 0.4) is 0 Å². The summed E-state index contributed by atoms with van der Waals surface area (Å²) in [4.78, 5) is 11.8. The molecule has 0 bridgehead atoms. The zero-order valence-electron chi connectivity index (χ0n) is 14.5. The predicted molar refractivity (Wildman–Crippen MR) is 88.9 cm³/mol. The fourth-order valence-corrected chi connectivity index (χ4v) is 2.26. The number of carbonyl (C=O) groups excluding carboxylic acids is 1. The molecular weight excluding hydrogens is 280 g/mol. The van der Waals surface area contributed by atoms with E-state index in [-0.39, 0.29) is 0 Å². The molecule has 6 heteroatoms. The number of nitrogens with zero attached hydrogens (tertiary/aromatic N) is 1. The van der Waals surface area contributed by atoms with Gasteiger partial charge in [-0.2, -0.15) is 5.10 Å². The van der Waals surface area contributed by atoms with Crippen molar-refractivity contribution in [1.29, 1.82) is 0 Å². The van der Waals surface area contributed by atoms with E-state index in [9.17, 15) is 4.79 Å². The van der Waals surface area contributed by atoms with Gasteiger partial charge in [-0.1, -0.05) is 26.7 Å². The number of ether oxygens (including phenoxy) is 1. The molecule has 1 aromatic heterocycles. The first-order chi connectivity index (χ1) is 10.4. The van der Waals surface area contributed by atoms with Crippen LogP contribution in [0.15, 0.2) is 6.20 Å². The minimum absolute atomic E-state index is 0.475. The van der Waals surface area contributed by atoms with Gasteiger partial charge in [0.2, 0.25) is 0 Å². The average Bonchev–Trinajstić information content (AvgIpc) is 2.81. The van der Waals surface area contributed by atoms with Crippen molar-refractivity contribution in [2.75, 3.05) is 5.32 Å². The van der Waals surface area contributed by atoms with Gasteiger partial charge in [-0.3, -0.25) is 10.4 Å². The molecule has 0 unspecified atom stereocenters. The first kappa shape index (κ1) is 18.5. The number of hydrogen-bond acceptors (Lipinski definition) is 4. The maximum absolute atomic E-state index is 11.8. The summed E-state index contributed by atoms with van der Waals surface area (Å²) in [5, 5.41) is 13.1. The molecule has 0 aliphatic heterocycles. The van der Waals surface area contributed by atoms with Crippen LogP contribution in [0.2, 0.25) is 0 Å². The Morgan fingerprint density at radius 1 is 1.32 bits per heavy atom. The Labute approximate surface area is 133 Å². The fraction of sp³-hybridized carbons (Fsp3) is 0.750. The molecule has 0 atom stereocenters. The summed E-state index contributed by atoms with van der Waals surface area (Å²) in [6, 6.07) is 0.499. The van der Waals surface area contributed by atoms with Crippen molar-refractivity contribution in [3.05, 3.63) is 11.8 Å². The van der Waals surface area contributed by atoms with Crippen LogP contribution < -0.4 is 10.6 Å². The van der Waals surface area contributed by atoms with Gasteiger partial charge in [0, 0.05) is 18.2 Å². The van der Waals surface area contributed by atoms with E-state index in [0.29, 0.717) is 18.4 Å². The lowest BCUT2D eigenvalue weighted by Gasteiger charge is -2.20. The van der Waals surface area contributed by atoms with Gasteiger partial charge in [0.25, 0.3) is 0 Å². The standard InChI is InChI=1S/C16H30N4O2/c1-6-8-13(9-7-2)17-10-12-11-18-20-14(12)19-15(21)22-16(3,4)5/h11,13,17H,6-10H2,1-5H3,(H2,18,19,20,21). The van der Waals surface area contributed by atoms with E-state index in [1.54, 1.807) is 6.20 Å². The van der Waals surface area contributed by atoms with Crippen LogP contribution in [0.1, 0.15) is 65.9 Å². The second-order valence-electron chi connectivity index (χ2n) is 6.55. The normalized spacial score (nSPS) is 11.7. The fourth-order valence-electron chi connectivity index (χ4n) is 2.26. The third-order valence-corrected chi connectivity index (χ3v) is 3.20. The molecule has 1 heterocycles. The topological polar surface area (TPSA) is 79.0 Å². The van der Waals surface area contributed by atoms with E-state index in [1.165, 1.54) is 0 Å². The molecule has 0 saturated carbocycles. The summed E-state index contributed by atoms with van der Waals surface area (Å²) < 4.78 is 5.25. The molecule has 1 aromatic rings. The van der Waals surface area contributed by atoms with Gasteiger partial charge in [0.1, 0.15) is 11.4 Å². The number of anilines is 1. The molecule has 0 fully saturated rings. The largest absolute Gasteiger partial charge is 0.444 e. The average molecular weight is 310 g/mol. The van der Waals surface area contributed by atoms with Crippen LogP contribution in [0, 0.1) is 0 Å². The van der Waals surface area contributed by atoms with Crippen LogP contribution in [0.5, 0.6) is 0 Å². The van der Waals surface area contributed by atoms with Gasteiger partial charge >= 0.3 is 6.09 Å². The number of hydrogen-bond donors (Lipinski definition) is 3. The minimum atomic E-state index is -0.518. The van der Waals surface area contributed by atoms with Crippen molar-refractivity contribution in [1.82, 2.24) is 15.5 Å². The molecule has 22 heavy (non-hydrogen) atoms. The van der Waals surface area contributed by atoms with Crippen molar-refractivity contribution >= 4 is 11.9 Å². The van der Waals surface area contributed by atoms with Crippen molar-refractivity contribution < 1.29 is 9.53 Å². The highest BCUT2D eigenvalue weighted by molar-refractivity contribution is 5.84. The lowest BCUT2D eigenvalue weighted by molar-refractivity contribution is 0.0635. The monoisotopic (exact) mass is 310 g/mol. The molecule has 0 saturated heterocycles. The Morgan fingerprint density at radius 3 is 2.50 bits per heavy atom. The zero-order chi connectivity index (χ0) is 16.6. The third-order valence-electron chi connectivity index (χ3n) is 3.20. The van der Waals surface area contributed by atoms with E-state index in [4.69, 9.17) is 4.74 Å². The molecule has 1 amide bonds. The number of carbonyl (C=O) groups is 1. The first-order valence-electron chi connectivity index (χ1n) is 8.11. The number of aromatic amines is 1. The highest BCUT2D eigenvalue weighted by atomic mass is 16.6. The maximum atomic E-state index is 11.8. The second-order valence-corrected chi connectivity index (χ2v) is 6.55. The van der Waals surface area contributed by atoms with Gasteiger partial charge in [-0.15, -0.1) is 0 Å². The van der Waals surface area contributed by atoms with Crippen LogP contribution in [0.25, 0.3) is 0 Å². The number of nitrogens with one attached hydrogen (secondary N) is 3. The smallest absolute Gasteiger partial charge is 0.413 e. The van der Waals surface area contributed by atoms with E-state index >= 15 is 0 Å². The Hall–Kier alpha value is -1.56. The van der Waals surface area contributed by atoms with Crippen LogP contribution in [0.4, 0.5) is 10.6 Å². The summed E-state index contributed by atoms with van der Waals surface area (Å²) in [6.07, 6.45) is 5.88. The first-order valence-corrected chi connectivity index (χ1v) is 8.11. The molecule has 0 spiro atoms. The van der Waals surface area contributed by atoms with Crippen LogP contribution in [-0.4, -0.2) is 27.9 Å². The molecule has 6 nitrogen and oxygen atoms in total. The molecular formula is C16H30N4O2. The molecule has 0 aliphatic rings. The Morgan fingerprint density at radius 2 is 1.95 bits per heavy atom. The SMILES string of the molecule is CCCC(CCC)NCc1cn[nH]c1NC(=O)OC(C)(C)C. The van der Waals surface area contributed by atoms with E-state index in [1.807, 2.05) is 20.8 Å². The lowest BCUT2D eigenvalue weighted by atomic mass is 10.1. The maximum Gasteiger partial charge on any atom is 0.413 e. The molecule has 126 valence electrons. The van der Waals surface area contributed by atoms with Crippen molar-refractivity contribution in [3.8, 4) is 0 Å². The Kier molecular flexibility index (Phi) is 7.38. The predicted octanol–water partition coefficient (Wildman–Crippen LogP) is 3.82. The summed E-state index contributed by atoms with van der Waals surface area (Å²) in [7, 11) is 0. The van der Waals surface area contributed by atoms with Gasteiger partial charge in [0.15, 0.2) is 0 Å². The van der Waals surface area contributed by atoms with Gasteiger partial charge < -0.3 is 10.1 Å². The minimum Gasteiger partial charge on any atom is -0.444 e. The van der Waals surface area contributed by atoms with Gasteiger partial charge in [-0.05, 0) is 33.6 Å². The lowest BCUT2D eigenvalue weighted by Crippen LogP contribution is -2.29. The van der Waals surface area contributed by atoms with E-state index < -0.39 is 11.7 Å². The summed E-state index contributed by atoms with van der Waals surface area (Å²) in [5.74, 6) is 0.591. The number of amides is 1. The Balaban J connectivity index is 2.56. The number of aromatic nitrogens is 2. The summed E-state index contributed by atoms with van der Waals surface area (Å²) in [6.45, 7) is 10.6. The van der Waals surface area contributed by atoms with Crippen LogP contribution >= 0.6 is 0 Å². The second kappa shape index (κ2) is 8.78. The quantitative estimate of drug-likeness (QED) is 0.682. The highest BCUT2D eigenvalue weighted by Crippen LogP contribution is 2.15. The number of H-pyrrole nitrogens is 1. The van der Waals surface area contributed by atoms with Gasteiger partial charge in [-0.25, -0.2) is 4.79 Å². The van der Waals surface area contributed by atoms with Crippen LogP contribution in [-0.2, 0) is 11.3 Å². The van der Waals surface area contributed by atoms with Crippen molar-refractivity contribution in [3.63, 3.8) is 0 Å². The highest BCUT2D eigenvalue weighted by Gasteiger charge is 2.18. The number of rotatable bonds is 8. The molecule has 0 radical (unpaired) electrons. The summed E-state index contributed by atoms with van der Waals surface area (Å²) >= 11 is 0. The molecule has 1 rings (SSSR count).